The van der Waals surface area contributed by atoms with Crippen molar-refractivity contribution < 1.29 is 43.8 Å². The van der Waals surface area contributed by atoms with Gasteiger partial charge in [-0.2, -0.15) is 0 Å². The first-order valence-electron chi connectivity index (χ1n) is 14.4. The molecule has 52 heavy (non-hydrogen) atoms. The third-order valence-corrected chi connectivity index (χ3v) is 6.93. The topological polar surface area (TPSA) is 62.9 Å². The number of rotatable bonds is 6. The van der Waals surface area contributed by atoms with E-state index in [0.29, 0.717) is 32.9 Å². The van der Waals surface area contributed by atoms with Crippen LogP contribution in [0.5, 0.6) is 0 Å². The monoisotopic (exact) mass is 915 g/mol. The summed E-state index contributed by atoms with van der Waals surface area (Å²) in [5, 5.41) is 1.17. The predicted octanol–water partition coefficient (Wildman–Crippen LogP) is 13.5. The molecule has 0 fully saturated rings. The number of aliphatic imine (C=N–C) groups is 3. The van der Waals surface area contributed by atoms with Gasteiger partial charge in [0.2, 0.25) is 0 Å². The Balaban J connectivity index is 0.000000334. The number of nitrogens with zero attached hydrogens (tertiary/aromatic N) is 5. The first kappa shape index (κ1) is 45.6. The summed E-state index contributed by atoms with van der Waals surface area (Å²) in [6, 6.07) is 20.5. The summed E-state index contributed by atoms with van der Waals surface area (Å²) in [6.45, 7) is 7.12. The molecule has 0 N–H and O–H groups in total. The van der Waals surface area contributed by atoms with Gasteiger partial charge >= 0.3 is 66.7 Å². The first-order chi connectivity index (χ1) is 24.7. The number of hydrogen-bond acceptors (Lipinski definition) is 5. The van der Waals surface area contributed by atoms with Crippen molar-refractivity contribution in [1.29, 1.82) is 0 Å². The molecule has 0 radical (unpaired) electrons. The van der Waals surface area contributed by atoms with Gasteiger partial charge in [0.25, 0.3) is 0 Å². The second-order valence-corrected chi connectivity index (χ2v) is 14.6. The summed E-state index contributed by atoms with van der Waals surface area (Å²) in [4.78, 5) is 21.5. The van der Waals surface area contributed by atoms with Gasteiger partial charge in [-0.1, -0.05) is 35.3 Å². The van der Waals surface area contributed by atoms with E-state index in [1.165, 1.54) is 12.1 Å². The zero-order valence-electron chi connectivity index (χ0n) is 27.4. The molecule has 2 aromatic heterocycles. The Morgan fingerprint density at radius 3 is 1.48 bits per heavy atom. The molecule has 0 aliphatic carbocycles. The molecule has 0 bridgehead atoms. The van der Waals surface area contributed by atoms with Gasteiger partial charge in [0.05, 0.1) is 56.3 Å². The molecule has 5 nitrogen and oxygen atoms in total. The molecule has 5 rings (SSSR count). The third kappa shape index (κ3) is 15.4. The van der Waals surface area contributed by atoms with Crippen LogP contribution >= 0.6 is 63.6 Å². The molecular weight excluding hydrogens is 891 g/mol. The molecule has 0 amide bonds. The molecule has 5 aromatic rings. The van der Waals surface area contributed by atoms with Crippen molar-refractivity contribution in [3.05, 3.63) is 147 Å². The Bertz CT molecular complexity index is 1910. The van der Waals surface area contributed by atoms with Crippen LogP contribution < -0.4 is 0 Å². The van der Waals surface area contributed by atoms with Gasteiger partial charge in [-0.3, -0.25) is 4.98 Å². The van der Waals surface area contributed by atoms with Gasteiger partial charge < -0.3 is 0 Å². The summed E-state index contributed by atoms with van der Waals surface area (Å²) in [6.07, 6.45) is 1.74. The Kier molecular flexibility index (Phi) is 21.1. The Labute approximate surface area is 338 Å². The molecule has 0 saturated carbocycles. The van der Waals surface area contributed by atoms with Crippen LogP contribution in [0.25, 0.3) is 0 Å². The summed E-state index contributed by atoms with van der Waals surface area (Å²) < 4.78 is 53.6. The molecular formula is C35H27Cl6F4Fe2N5. The molecule has 0 aliphatic rings. The van der Waals surface area contributed by atoms with Crippen LogP contribution in [0.1, 0.15) is 43.4 Å². The minimum absolute atomic E-state index is 0.00937. The van der Waals surface area contributed by atoms with E-state index in [-0.39, 0.29) is 37.6 Å². The predicted molar refractivity (Wildman–Crippen MR) is 201 cm³/mol. The number of halogens is 10. The molecule has 17 heteroatoms. The second kappa shape index (κ2) is 24.0. The SMILES string of the molecule is CC(=Nc1c(C)cc(Cl)cc1Cl)c1ccccn1.CC(=Nc1ccc(F)cc1F)c1cccc(C(C)=Nc2ccc(F)cc2F)n1.[Cl][Fe][Cl].[Cl][Fe][Cl]. The van der Waals surface area contributed by atoms with Gasteiger partial charge in [0.1, 0.15) is 11.6 Å². The standard InChI is InChI=1S/C21H15F4N3.C14H12Cl2N2.4ClH.2Fe/c1-12(26-20-8-6-14(22)10-16(20)24)18-4-3-5-19(28-18)13(2)27-21-9-7-15(23)11-17(21)25;1-9-7-11(15)8-12(16)14(9)18-10(2)13-5-3-4-6-17-13;;;;;;/h3-11H,1-2H3;3-8H,1-2H3;4*1H;;/q;;;;;;2*+2/p-4. The van der Waals surface area contributed by atoms with E-state index < -0.39 is 23.3 Å². The number of aromatic nitrogens is 2. The van der Waals surface area contributed by atoms with Crippen molar-refractivity contribution in [1.82, 2.24) is 9.97 Å². The average molecular weight is 918 g/mol. The van der Waals surface area contributed by atoms with Crippen LogP contribution in [-0.2, 0) is 26.3 Å². The Hall–Kier alpha value is -2.53. The third-order valence-electron chi connectivity index (χ3n) is 6.42. The fourth-order valence-electron chi connectivity index (χ4n) is 4.10. The zero-order valence-corrected chi connectivity index (χ0v) is 34.1. The van der Waals surface area contributed by atoms with Crippen molar-refractivity contribution in [2.75, 3.05) is 0 Å². The van der Waals surface area contributed by atoms with E-state index in [2.05, 4.69) is 24.9 Å². The van der Waals surface area contributed by atoms with Gasteiger partial charge in [-0.05, 0) is 93.9 Å². The summed E-state index contributed by atoms with van der Waals surface area (Å²) in [5.41, 5.74) is 5.06. The number of benzene rings is 3. The molecule has 0 atom stereocenters. The van der Waals surface area contributed by atoms with Crippen LogP contribution in [0.4, 0.5) is 34.6 Å². The first-order valence-corrected chi connectivity index (χ1v) is 21.2. The molecule has 0 aliphatic heterocycles. The van der Waals surface area contributed by atoms with E-state index in [1.807, 2.05) is 38.1 Å². The van der Waals surface area contributed by atoms with Crippen molar-refractivity contribution in [2.24, 2.45) is 15.0 Å². The average Bonchev–Trinajstić information content (AvgIpc) is 3.10. The summed E-state index contributed by atoms with van der Waals surface area (Å²) in [7, 11) is 19.1. The molecule has 278 valence electrons. The maximum absolute atomic E-state index is 13.8. The van der Waals surface area contributed by atoms with Crippen LogP contribution in [0.2, 0.25) is 10.0 Å². The van der Waals surface area contributed by atoms with E-state index in [1.54, 1.807) is 44.3 Å². The van der Waals surface area contributed by atoms with Crippen molar-refractivity contribution in [3.63, 3.8) is 0 Å². The van der Waals surface area contributed by atoms with Crippen molar-refractivity contribution in [3.8, 4) is 0 Å². The molecule has 0 unspecified atom stereocenters. The van der Waals surface area contributed by atoms with Gasteiger partial charge in [-0.25, -0.2) is 37.5 Å². The van der Waals surface area contributed by atoms with Crippen LogP contribution in [0.15, 0.2) is 106 Å². The van der Waals surface area contributed by atoms with Crippen LogP contribution in [-0.4, -0.2) is 27.1 Å². The van der Waals surface area contributed by atoms with E-state index >= 15 is 0 Å². The summed E-state index contributed by atoms with van der Waals surface area (Å²) in [5.74, 6) is -2.93. The number of hydrogen-bond donors (Lipinski definition) is 0. The summed E-state index contributed by atoms with van der Waals surface area (Å²) >= 11 is 12.5. The van der Waals surface area contributed by atoms with E-state index in [0.717, 1.165) is 46.9 Å². The zero-order chi connectivity index (χ0) is 38.8. The van der Waals surface area contributed by atoms with Gasteiger partial charge in [-0.15, -0.1) is 0 Å². The quantitative estimate of drug-likeness (QED) is 0.0968. The van der Waals surface area contributed by atoms with Gasteiger partial charge in [0, 0.05) is 23.4 Å². The van der Waals surface area contributed by atoms with Crippen LogP contribution in [0, 0.1) is 30.2 Å². The normalized spacial score (nSPS) is 11.5. The maximum atomic E-state index is 13.8. The molecule has 3 aromatic carbocycles. The van der Waals surface area contributed by atoms with Crippen LogP contribution in [0.3, 0.4) is 0 Å². The number of pyridine rings is 2. The fraction of sp³-hybridized carbons (Fsp3) is 0.114. The van der Waals surface area contributed by atoms with E-state index in [9.17, 15) is 17.6 Å². The Morgan fingerprint density at radius 1 is 0.596 bits per heavy atom. The molecule has 0 saturated heterocycles. The minimum atomic E-state index is -0.778. The fourth-order valence-corrected chi connectivity index (χ4v) is 4.73. The molecule has 2 heterocycles. The Morgan fingerprint density at radius 2 is 1.06 bits per heavy atom. The van der Waals surface area contributed by atoms with Gasteiger partial charge in [0.15, 0.2) is 11.6 Å². The van der Waals surface area contributed by atoms with Crippen molar-refractivity contribution in [2.45, 2.75) is 27.7 Å². The molecule has 0 spiro atoms. The second-order valence-electron chi connectivity index (χ2n) is 10.1. The van der Waals surface area contributed by atoms with E-state index in [4.69, 9.17) is 63.6 Å². The number of aryl methyl sites for hydroxylation is 1. The van der Waals surface area contributed by atoms with Crippen molar-refractivity contribution >= 4 is 97.8 Å².